The first-order valence-electron chi connectivity index (χ1n) is 6.02. The van der Waals surface area contributed by atoms with Gasteiger partial charge in [0.05, 0.1) is 5.92 Å². The third-order valence-electron chi connectivity index (χ3n) is 2.83. The quantitative estimate of drug-likeness (QED) is 0.897. The van der Waals surface area contributed by atoms with Crippen LogP contribution in [0.1, 0.15) is 31.5 Å². The van der Waals surface area contributed by atoms with Crippen molar-refractivity contribution in [1.82, 2.24) is 10.1 Å². The maximum Gasteiger partial charge on any atom is 0.231 e. The molecule has 2 unspecified atom stereocenters. The molecule has 6 heteroatoms. The van der Waals surface area contributed by atoms with Gasteiger partial charge in [0.15, 0.2) is 6.61 Å². The number of benzene rings is 1. The Hall–Kier alpha value is -1.95. The summed E-state index contributed by atoms with van der Waals surface area (Å²) in [7, 11) is 0. The Morgan fingerprint density at radius 3 is 2.89 bits per heavy atom. The zero-order valence-corrected chi connectivity index (χ0v) is 10.8. The molecular formula is C13H16FN3O2. The molecule has 1 aromatic heterocycles. The van der Waals surface area contributed by atoms with E-state index >= 15 is 0 Å². The molecule has 0 saturated carbocycles. The van der Waals surface area contributed by atoms with E-state index < -0.39 is 0 Å². The molecule has 0 fully saturated rings. The fraction of sp³-hybridized carbons (Fsp3) is 0.385. The lowest BCUT2D eigenvalue weighted by atomic mass is 10.1. The molecular weight excluding hydrogens is 249 g/mol. The van der Waals surface area contributed by atoms with E-state index in [4.69, 9.17) is 15.0 Å². The van der Waals surface area contributed by atoms with Crippen molar-refractivity contribution >= 4 is 0 Å². The molecule has 1 aromatic carbocycles. The van der Waals surface area contributed by atoms with Crippen LogP contribution in [0.15, 0.2) is 28.8 Å². The van der Waals surface area contributed by atoms with E-state index in [2.05, 4.69) is 10.1 Å². The van der Waals surface area contributed by atoms with Crippen LogP contribution < -0.4 is 10.5 Å². The van der Waals surface area contributed by atoms with Gasteiger partial charge in [0.1, 0.15) is 11.6 Å². The van der Waals surface area contributed by atoms with Gasteiger partial charge in [0.2, 0.25) is 11.7 Å². The lowest BCUT2D eigenvalue weighted by Crippen LogP contribution is -2.22. The van der Waals surface area contributed by atoms with Crippen LogP contribution in [-0.2, 0) is 6.61 Å². The normalized spacial score (nSPS) is 14.1. The van der Waals surface area contributed by atoms with Crippen molar-refractivity contribution in [3.05, 3.63) is 41.8 Å². The van der Waals surface area contributed by atoms with Crippen molar-refractivity contribution < 1.29 is 13.7 Å². The van der Waals surface area contributed by atoms with Crippen LogP contribution >= 0.6 is 0 Å². The monoisotopic (exact) mass is 265 g/mol. The maximum absolute atomic E-state index is 12.9. The van der Waals surface area contributed by atoms with Crippen molar-refractivity contribution in [3.8, 4) is 5.75 Å². The number of aromatic nitrogens is 2. The average molecular weight is 265 g/mol. The van der Waals surface area contributed by atoms with Crippen molar-refractivity contribution in [2.45, 2.75) is 32.4 Å². The molecule has 102 valence electrons. The summed E-state index contributed by atoms with van der Waals surface area (Å²) < 4.78 is 23.4. The van der Waals surface area contributed by atoms with Crippen molar-refractivity contribution in [1.29, 1.82) is 0 Å². The van der Waals surface area contributed by atoms with Crippen LogP contribution in [0, 0.1) is 5.82 Å². The van der Waals surface area contributed by atoms with Gasteiger partial charge in [-0.05, 0) is 19.1 Å². The number of ether oxygens (including phenoxy) is 1. The summed E-state index contributed by atoms with van der Waals surface area (Å²) in [6, 6.07) is 5.81. The lowest BCUT2D eigenvalue weighted by molar-refractivity contribution is 0.282. The number of halogens is 1. The molecule has 0 amide bonds. The van der Waals surface area contributed by atoms with Gasteiger partial charge in [0, 0.05) is 12.1 Å². The van der Waals surface area contributed by atoms with Crippen LogP contribution in [0.4, 0.5) is 4.39 Å². The highest BCUT2D eigenvalue weighted by molar-refractivity contribution is 5.22. The topological polar surface area (TPSA) is 74.2 Å². The van der Waals surface area contributed by atoms with Gasteiger partial charge in [-0.3, -0.25) is 0 Å². The summed E-state index contributed by atoms with van der Waals surface area (Å²) in [5.74, 6) is 0.943. The third-order valence-corrected chi connectivity index (χ3v) is 2.83. The van der Waals surface area contributed by atoms with Gasteiger partial charge in [-0.1, -0.05) is 18.1 Å². The molecule has 0 aliphatic heterocycles. The number of nitrogens with zero attached hydrogens (tertiary/aromatic N) is 2. The smallest absolute Gasteiger partial charge is 0.231 e. The molecule has 1 heterocycles. The Morgan fingerprint density at radius 2 is 2.21 bits per heavy atom. The predicted octanol–water partition coefficient (Wildman–Crippen LogP) is 2.24. The highest BCUT2D eigenvalue weighted by Crippen LogP contribution is 2.17. The highest BCUT2D eigenvalue weighted by atomic mass is 19.1. The Morgan fingerprint density at radius 1 is 1.42 bits per heavy atom. The molecule has 0 radical (unpaired) electrons. The highest BCUT2D eigenvalue weighted by Gasteiger charge is 2.17. The van der Waals surface area contributed by atoms with E-state index in [1.807, 2.05) is 13.8 Å². The molecule has 2 aromatic rings. The van der Waals surface area contributed by atoms with Gasteiger partial charge in [0.25, 0.3) is 0 Å². The molecule has 2 N–H and O–H groups in total. The second kappa shape index (κ2) is 5.79. The number of rotatable bonds is 5. The predicted molar refractivity (Wildman–Crippen MR) is 67.1 cm³/mol. The van der Waals surface area contributed by atoms with E-state index in [0.717, 1.165) is 0 Å². The minimum atomic E-state index is -0.350. The molecule has 0 saturated heterocycles. The van der Waals surface area contributed by atoms with Gasteiger partial charge < -0.3 is 15.0 Å². The first kappa shape index (κ1) is 13.5. The molecule has 0 aliphatic rings. The molecule has 2 atom stereocenters. The average Bonchev–Trinajstić information content (AvgIpc) is 2.84. The zero-order valence-electron chi connectivity index (χ0n) is 10.8. The Labute approximate surface area is 110 Å². The second-order valence-corrected chi connectivity index (χ2v) is 4.44. The fourth-order valence-electron chi connectivity index (χ4n) is 1.44. The Bertz CT molecular complexity index is 542. The SMILES string of the molecule is CC(N)C(C)c1nc(COc2cccc(F)c2)no1. The van der Waals surface area contributed by atoms with Crippen LogP contribution in [0.2, 0.25) is 0 Å². The molecule has 0 aliphatic carbocycles. The molecule has 0 spiro atoms. The number of nitrogens with two attached hydrogens (primary N) is 1. The lowest BCUT2D eigenvalue weighted by Gasteiger charge is -2.09. The third kappa shape index (κ3) is 3.51. The Kier molecular flexibility index (Phi) is 4.11. The largest absolute Gasteiger partial charge is 0.485 e. The second-order valence-electron chi connectivity index (χ2n) is 4.44. The summed E-state index contributed by atoms with van der Waals surface area (Å²) in [5.41, 5.74) is 5.76. The summed E-state index contributed by atoms with van der Waals surface area (Å²) in [5, 5.41) is 3.80. The molecule has 2 rings (SSSR count). The van der Waals surface area contributed by atoms with Crippen molar-refractivity contribution in [3.63, 3.8) is 0 Å². The maximum atomic E-state index is 12.9. The summed E-state index contributed by atoms with van der Waals surface area (Å²) in [6.45, 7) is 3.91. The Balaban J connectivity index is 1.97. The van der Waals surface area contributed by atoms with Gasteiger partial charge >= 0.3 is 0 Å². The summed E-state index contributed by atoms with van der Waals surface area (Å²) in [6.07, 6.45) is 0. The summed E-state index contributed by atoms with van der Waals surface area (Å²) in [4.78, 5) is 4.19. The van der Waals surface area contributed by atoms with Crippen molar-refractivity contribution in [2.75, 3.05) is 0 Å². The first-order valence-corrected chi connectivity index (χ1v) is 6.02. The number of hydrogen-bond donors (Lipinski definition) is 1. The standard InChI is InChI=1S/C13H16FN3O2/c1-8(9(2)15)13-16-12(17-19-13)7-18-11-5-3-4-10(14)6-11/h3-6,8-9H,7,15H2,1-2H3. The minimum Gasteiger partial charge on any atom is -0.485 e. The van der Waals surface area contributed by atoms with Crippen LogP contribution in [0.5, 0.6) is 5.75 Å². The molecule has 0 bridgehead atoms. The van der Waals surface area contributed by atoms with E-state index in [-0.39, 0.29) is 24.4 Å². The van der Waals surface area contributed by atoms with E-state index in [1.54, 1.807) is 12.1 Å². The van der Waals surface area contributed by atoms with Crippen LogP contribution in [-0.4, -0.2) is 16.2 Å². The van der Waals surface area contributed by atoms with E-state index in [1.165, 1.54) is 12.1 Å². The van der Waals surface area contributed by atoms with Crippen LogP contribution in [0.25, 0.3) is 0 Å². The molecule has 5 nitrogen and oxygen atoms in total. The van der Waals surface area contributed by atoms with Gasteiger partial charge in [-0.15, -0.1) is 0 Å². The van der Waals surface area contributed by atoms with Crippen LogP contribution in [0.3, 0.4) is 0 Å². The van der Waals surface area contributed by atoms with E-state index in [9.17, 15) is 4.39 Å². The van der Waals surface area contributed by atoms with Gasteiger partial charge in [-0.25, -0.2) is 4.39 Å². The summed E-state index contributed by atoms with van der Waals surface area (Å²) >= 11 is 0. The minimum absolute atomic E-state index is 0.0181. The molecule has 19 heavy (non-hydrogen) atoms. The fourth-order valence-corrected chi connectivity index (χ4v) is 1.44. The zero-order chi connectivity index (χ0) is 13.8. The van der Waals surface area contributed by atoms with Crippen molar-refractivity contribution in [2.24, 2.45) is 5.73 Å². The first-order chi connectivity index (χ1) is 9.06. The number of hydrogen-bond acceptors (Lipinski definition) is 5. The van der Waals surface area contributed by atoms with E-state index in [0.29, 0.717) is 17.5 Å². The van der Waals surface area contributed by atoms with Gasteiger partial charge in [-0.2, -0.15) is 4.98 Å².